The fraction of sp³-hybridized carbons (Fsp3) is 0.300. The molecular weight excluding hydrogens is 369 g/mol. The second-order valence-corrected chi connectivity index (χ2v) is 6.94. The first-order valence-corrected chi connectivity index (χ1v) is 9.14. The zero-order chi connectivity index (χ0) is 19.4. The van der Waals surface area contributed by atoms with Crippen molar-refractivity contribution in [3.05, 3.63) is 58.9 Å². The smallest absolute Gasteiger partial charge is 0.238 e. The minimum Gasteiger partial charge on any atom is -0.368 e. The first-order chi connectivity index (χ1) is 12.9. The summed E-state index contributed by atoms with van der Waals surface area (Å²) in [4.78, 5) is 28.0. The Kier molecular flexibility index (Phi) is 6.08. The van der Waals surface area contributed by atoms with Gasteiger partial charge in [-0.2, -0.15) is 0 Å². The molecule has 7 heteroatoms. The standard InChI is InChI=1S/C20H21ClFN3O2/c1-14(26)20-17(22)3-2-4-18(20)25-11-9-24(10-12-25)13-19(27)23-16-7-5-15(21)6-8-16/h2-8H,9-13H2,1H3,(H,23,27). The van der Waals surface area contributed by atoms with Crippen LogP contribution in [0.15, 0.2) is 42.5 Å². The SMILES string of the molecule is CC(=O)c1c(F)cccc1N1CCN(CC(=O)Nc2ccc(Cl)cc2)CC1. The van der Waals surface area contributed by atoms with E-state index in [0.29, 0.717) is 42.6 Å². The van der Waals surface area contributed by atoms with Crippen molar-refractivity contribution in [2.45, 2.75) is 6.92 Å². The topological polar surface area (TPSA) is 52.7 Å². The Bertz CT molecular complexity index is 834. The van der Waals surface area contributed by atoms with Crippen molar-refractivity contribution in [1.82, 2.24) is 4.90 Å². The number of anilines is 2. The first kappa shape index (κ1) is 19.3. The van der Waals surface area contributed by atoms with E-state index in [1.807, 2.05) is 9.80 Å². The Morgan fingerprint density at radius 3 is 2.37 bits per heavy atom. The number of amides is 1. The highest BCUT2D eigenvalue weighted by molar-refractivity contribution is 6.30. The van der Waals surface area contributed by atoms with E-state index in [-0.39, 0.29) is 23.8 Å². The van der Waals surface area contributed by atoms with Gasteiger partial charge in [0.05, 0.1) is 17.8 Å². The third-order valence-corrected chi connectivity index (χ3v) is 4.80. The maximum Gasteiger partial charge on any atom is 0.238 e. The van der Waals surface area contributed by atoms with Gasteiger partial charge in [-0.15, -0.1) is 0 Å². The fourth-order valence-electron chi connectivity index (χ4n) is 3.21. The summed E-state index contributed by atoms with van der Waals surface area (Å²) in [6.07, 6.45) is 0. The highest BCUT2D eigenvalue weighted by atomic mass is 35.5. The lowest BCUT2D eigenvalue weighted by Gasteiger charge is -2.36. The van der Waals surface area contributed by atoms with Crippen LogP contribution in [0.5, 0.6) is 0 Å². The second-order valence-electron chi connectivity index (χ2n) is 6.51. The molecule has 0 radical (unpaired) electrons. The molecule has 0 bridgehead atoms. The lowest BCUT2D eigenvalue weighted by atomic mass is 10.1. The van der Waals surface area contributed by atoms with Crippen molar-refractivity contribution in [3.8, 4) is 0 Å². The molecule has 0 aromatic heterocycles. The van der Waals surface area contributed by atoms with Crippen LogP contribution < -0.4 is 10.2 Å². The third-order valence-electron chi connectivity index (χ3n) is 4.55. The molecule has 0 spiro atoms. The summed E-state index contributed by atoms with van der Waals surface area (Å²) in [5.41, 5.74) is 1.45. The summed E-state index contributed by atoms with van der Waals surface area (Å²) < 4.78 is 14.0. The van der Waals surface area contributed by atoms with Gasteiger partial charge in [0.25, 0.3) is 0 Å². The number of nitrogens with zero attached hydrogens (tertiary/aromatic N) is 2. The van der Waals surface area contributed by atoms with Crippen molar-refractivity contribution in [2.75, 3.05) is 42.9 Å². The average Bonchev–Trinajstić information content (AvgIpc) is 2.64. The van der Waals surface area contributed by atoms with Gasteiger partial charge in [-0.3, -0.25) is 14.5 Å². The normalized spacial score (nSPS) is 14.9. The summed E-state index contributed by atoms with van der Waals surface area (Å²) in [6, 6.07) is 11.6. The van der Waals surface area contributed by atoms with E-state index in [1.54, 1.807) is 36.4 Å². The highest BCUT2D eigenvalue weighted by Crippen LogP contribution is 2.25. The lowest BCUT2D eigenvalue weighted by Crippen LogP contribution is -2.49. The first-order valence-electron chi connectivity index (χ1n) is 8.76. The van der Waals surface area contributed by atoms with Crippen molar-refractivity contribution < 1.29 is 14.0 Å². The summed E-state index contributed by atoms with van der Waals surface area (Å²) in [5, 5.41) is 3.46. The minimum absolute atomic E-state index is 0.0963. The predicted octanol–water partition coefficient (Wildman–Crippen LogP) is 3.44. The monoisotopic (exact) mass is 389 g/mol. The van der Waals surface area contributed by atoms with Crippen LogP contribution in [0, 0.1) is 5.82 Å². The van der Waals surface area contributed by atoms with Crippen LogP contribution in [0.1, 0.15) is 17.3 Å². The summed E-state index contributed by atoms with van der Waals surface area (Å²) in [7, 11) is 0. The van der Waals surface area contributed by atoms with Gasteiger partial charge in [0.2, 0.25) is 5.91 Å². The van der Waals surface area contributed by atoms with E-state index >= 15 is 0 Å². The largest absolute Gasteiger partial charge is 0.368 e. The van der Waals surface area contributed by atoms with Crippen LogP contribution in [-0.4, -0.2) is 49.3 Å². The number of carbonyl (C=O) groups excluding carboxylic acids is 2. The van der Waals surface area contributed by atoms with Crippen LogP contribution in [0.4, 0.5) is 15.8 Å². The van der Waals surface area contributed by atoms with Crippen molar-refractivity contribution in [2.24, 2.45) is 0 Å². The van der Waals surface area contributed by atoms with Crippen LogP contribution >= 0.6 is 11.6 Å². The second kappa shape index (κ2) is 8.50. The number of hydrogen-bond acceptors (Lipinski definition) is 4. The molecule has 0 aliphatic carbocycles. The molecule has 1 N–H and O–H groups in total. The number of piperazine rings is 1. The zero-order valence-electron chi connectivity index (χ0n) is 15.0. The summed E-state index contributed by atoms with van der Waals surface area (Å²) >= 11 is 5.84. The molecule has 2 aromatic rings. The number of halogens is 2. The minimum atomic E-state index is -0.496. The van der Waals surface area contributed by atoms with Crippen LogP contribution in [0.25, 0.3) is 0 Å². The number of rotatable bonds is 5. The van der Waals surface area contributed by atoms with Crippen molar-refractivity contribution in [3.63, 3.8) is 0 Å². The lowest BCUT2D eigenvalue weighted by molar-refractivity contribution is -0.117. The van der Waals surface area contributed by atoms with Gasteiger partial charge in [-0.1, -0.05) is 17.7 Å². The van der Waals surface area contributed by atoms with Gasteiger partial charge in [0.1, 0.15) is 5.82 Å². The van der Waals surface area contributed by atoms with E-state index < -0.39 is 5.82 Å². The number of hydrogen-bond donors (Lipinski definition) is 1. The molecular formula is C20H21ClFN3O2. The molecule has 1 saturated heterocycles. The maximum absolute atomic E-state index is 14.0. The Morgan fingerprint density at radius 1 is 1.07 bits per heavy atom. The molecule has 0 unspecified atom stereocenters. The number of benzene rings is 2. The molecule has 1 aliphatic heterocycles. The molecule has 1 heterocycles. The average molecular weight is 390 g/mol. The van der Waals surface area contributed by atoms with E-state index in [4.69, 9.17) is 11.6 Å². The summed E-state index contributed by atoms with van der Waals surface area (Å²) in [6.45, 7) is 4.21. The zero-order valence-corrected chi connectivity index (χ0v) is 15.8. The van der Waals surface area contributed by atoms with Gasteiger partial charge < -0.3 is 10.2 Å². The summed E-state index contributed by atoms with van der Waals surface area (Å²) in [5.74, 6) is -0.876. The number of Topliss-reactive ketones (excluding diaryl/α,β-unsaturated/α-hetero) is 1. The number of nitrogens with one attached hydrogen (secondary N) is 1. The third kappa shape index (κ3) is 4.84. The molecule has 3 rings (SSSR count). The highest BCUT2D eigenvalue weighted by Gasteiger charge is 2.23. The number of ketones is 1. The quantitative estimate of drug-likeness (QED) is 0.796. The predicted molar refractivity (Wildman–Crippen MR) is 105 cm³/mol. The Morgan fingerprint density at radius 2 is 1.74 bits per heavy atom. The van der Waals surface area contributed by atoms with Gasteiger partial charge in [0.15, 0.2) is 5.78 Å². The molecule has 2 aromatic carbocycles. The van der Waals surface area contributed by atoms with E-state index in [1.165, 1.54) is 13.0 Å². The molecule has 1 fully saturated rings. The van der Waals surface area contributed by atoms with Crippen molar-refractivity contribution >= 4 is 34.7 Å². The van der Waals surface area contributed by atoms with Crippen molar-refractivity contribution in [1.29, 1.82) is 0 Å². The van der Waals surface area contributed by atoms with Gasteiger partial charge >= 0.3 is 0 Å². The molecule has 0 saturated carbocycles. The van der Waals surface area contributed by atoms with E-state index in [0.717, 1.165) is 0 Å². The molecule has 5 nitrogen and oxygen atoms in total. The Balaban J connectivity index is 1.56. The van der Waals surface area contributed by atoms with Gasteiger partial charge in [-0.05, 0) is 43.3 Å². The van der Waals surface area contributed by atoms with Gasteiger partial charge in [0, 0.05) is 36.9 Å². The number of carbonyl (C=O) groups is 2. The molecule has 1 amide bonds. The van der Waals surface area contributed by atoms with Crippen LogP contribution in [0.2, 0.25) is 5.02 Å². The molecule has 0 atom stereocenters. The molecule has 1 aliphatic rings. The van der Waals surface area contributed by atoms with Crippen LogP contribution in [0.3, 0.4) is 0 Å². The fourth-order valence-corrected chi connectivity index (χ4v) is 3.33. The Hall–Kier alpha value is -2.44. The molecule has 27 heavy (non-hydrogen) atoms. The maximum atomic E-state index is 14.0. The molecule has 142 valence electrons. The van der Waals surface area contributed by atoms with E-state index in [2.05, 4.69) is 5.32 Å². The van der Waals surface area contributed by atoms with E-state index in [9.17, 15) is 14.0 Å². The van der Waals surface area contributed by atoms with Gasteiger partial charge in [-0.25, -0.2) is 4.39 Å². The van der Waals surface area contributed by atoms with Crippen LogP contribution in [-0.2, 0) is 4.79 Å². The Labute approximate surface area is 162 Å².